The molecule has 0 spiro atoms. The molecule has 0 atom stereocenters. The lowest BCUT2D eigenvalue weighted by Crippen LogP contribution is -2.39. The molecule has 3 heterocycles. The summed E-state index contributed by atoms with van der Waals surface area (Å²) < 4.78 is 48.3. The number of rotatable bonds is 4. The Morgan fingerprint density at radius 3 is 2.59 bits per heavy atom. The van der Waals surface area contributed by atoms with Gasteiger partial charge in [0.25, 0.3) is 0 Å². The molecule has 0 amide bonds. The summed E-state index contributed by atoms with van der Waals surface area (Å²) in [5, 5.41) is 21.7. The van der Waals surface area contributed by atoms with Gasteiger partial charge in [0, 0.05) is 36.5 Å². The number of allylic oxidation sites excluding steroid dienone is 2. The molecule has 1 fully saturated rings. The van der Waals surface area contributed by atoms with Crippen molar-refractivity contribution in [2.24, 2.45) is 12.1 Å². The summed E-state index contributed by atoms with van der Waals surface area (Å²) in [4.78, 5) is 0. The number of hydrogen-bond donors (Lipinski definition) is 1. The molecule has 0 saturated heterocycles. The highest BCUT2D eigenvalue weighted by atomic mass is 19.3. The van der Waals surface area contributed by atoms with Crippen LogP contribution in [-0.4, -0.2) is 36.1 Å². The Bertz CT molecular complexity index is 1310. The minimum Gasteiger partial charge on any atom is -0.281 e. The molecule has 1 aliphatic carbocycles. The van der Waals surface area contributed by atoms with Gasteiger partial charge < -0.3 is 0 Å². The first kappa shape index (κ1) is 23.5. The normalized spacial score (nSPS) is 15.9. The van der Waals surface area contributed by atoms with E-state index in [0.29, 0.717) is 22.7 Å². The average molecular weight is 470 g/mol. The van der Waals surface area contributed by atoms with Gasteiger partial charge in [0.2, 0.25) is 0 Å². The van der Waals surface area contributed by atoms with E-state index >= 15 is 8.78 Å². The maximum atomic E-state index is 15.3. The van der Waals surface area contributed by atoms with E-state index in [2.05, 4.69) is 35.7 Å². The standard InChI is InChI=1S/C21H18F3N7.C3H8/c1-12-3-6-18(14-9-26-30(11-14)15-4-5-15)28-31(12)20(25)21(23,24)16-7-13-10-29(2)27-19(13)8-17(16)22;1-3-2/h3,6-11,15,25H,1,4-5H2,2H3;3H2,1-2H3. The number of alkyl halides is 2. The largest absolute Gasteiger partial charge is 0.334 e. The second-order valence-corrected chi connectivity index (χ2v) is 8.39. The summed E-state index contributed by atoms with van der Waals surface area (Å²) in [5.41, 5.74) is 0.414. The quantitative estimate of drug-likeness (QED) is 0.404. The summed E-state index contributed by atoms with van der Waals surface area (Å²) in [7, 11) is 1.61. The van der Waals surface area contributed by atoms with Crippen LogP contribution in [0.3, 0.4) is 0 Å². The summed E-state index contributed by atoms with van der Waals surface area (Å²) in [6.45, 7) is 7.95. The van der Waals surface area contributed by atoms with E-state index in [1.807, 2.05) is 4.68 Å². The first-order chi connectivity index (χ1) is 16.1. The molecule has 178 valence electrons. The van der Waals surface area contributed by atoms with Crippen molar-refractivity contribution in [2.75, 3.05) is 0 Å². The van der Waals surface area contributed by atoms with E-state index in [4.69, 9.17) is 5.41 Å². The van der Waals surface area contributed by atoms with Gasteiger partial charge in [-0.05, 0) is 31.1 Å². The lowest BCUT2D eigenvalue weighted by atomic mass is 10.0. The van der Waals surface area contributed by atoms with Crippen LogP contribution in [0.1, 0.15) is 50.3 Å². The molecule has 0 bridgehead atoms. The Balaban J connectivity index is 0.000000868. The fourth-order valence-corrected chi connectivity index (χ4v) is 3.48. The van der Waals surface area contributed by atoms with Gasteiger partial charge in [0.15, 0.2) is 5.84 Å². The second kappa shape index (κ2) is 8.92. The van der Waals surface area contributed by atoms with Gasteiger partial charge in [-0.15, -0.1) is 0 Å². The third-order valence-corrected chi connectivity index (χ3v) is 5.29. The lowest BCUT2D eigenvalue weighted by Gasteiger charge is -2.28. The number of nitrogens with zero attached hydrogens (tertiary/aromatic N) is 6. The molecule has 7 nitrogen and oxygen atoms in total. The van der Waals surface area contributed by atoms with Crippen LogP contribution in [0.25, 0.3) is 10.9 Å². The number of hydrogen-bond acceptors (Lipinski definition) is 4. The number of amidine groups is 1. The van der Waals surface area contributed by atoms with Gasteiger partial charge in [0.05, 0.1) is 34.7 Å². The van der Waals surface area contributed by atoms with Crippen LogP contribution in [0.2, 0.25) is 0 Å². The Morgan fingerprint density at radius 2 is 1.91 bits per heavy atom. The molecule has 0 unspecified atom stereocenters. The van der Waals surface area contributed by atoms with Crippen molar-refractivity contribution in [2.45, 2.75) is 45.1 Å². The molecular formula is C24H26F3N7. The Labute approximate surface area is 195 Å². The number of nitrogens with one attached hydrogen (secondary N) is 1. The van der Waals surface area contributed by atoms with Crippen molar-refractivity contribution in [3.8, 4) is 0 Å². The molecule has 2 aromatic heterocycles. The number of aromatic nitrogens is 4. The van der Waals surface area contributed by atoms with Crippen molar-refractivity contribution in [1.82, 2.24) is 24.6 Å². The first-order valence-electron chi connectivity index (χ1n) is 11.1. The minimum atomic E-state index is -3.95. The fraction of sp³-hybridized carbons (Fsp3) is 0.333. The lowest BCUT2D eigenvalue weighted by molar-refractivity contribution is 0.0579. The maximum absolute atomic E-state index is 15.3. The second-order valence-electron chi connectivity index (χ2n) is 8.39. The van der Waals surface area contributed by atoms with Gasteiger partial charge in [-0.25, -0.2) is 9.40 Å². The van der Waals surface area contributed by atoms with E-state index < -0.39 is 23.1 Å². The van der Waals surface area contributed by atoms with Crippen LogP contribution in [-0.2, 0) is 13.0 Å². The molecule has 10 heteroatoms. The summed E-state index contributed by atoms with van der Waals surface area (Å²) in [6.07, 6.45) is 11.4. The maximum Gasteiger partial charge on any atom is 0.334 e. The molecule has 1 saturated carbocycles. The fourth-order valence-electron chi connectivity index (χ4n) is 3.48. The van der Waals surface area contributed by atoms with Crippen molar-refractivity contribution >= 4 is 22.5 Å². The molecule has 34 heavy (non-hydrogen) atoms. The average Bonchev–Trinajstić information content (AvgIpc) is 3.40. The number of halogens is 3. The summed E-state index contributed by atoms with van der Waals surface area (Å²) >= 11 is 0. The van der Waals surface area contributed by atoms with Gasteiger partial charge in [-0.1, -0.05) is 26.8 Å². The first-order valence-corrected chi connectivity index (χ1v) is 11.1. The number of aryl methyl sites for hydroxylation is 1. The highest BCUT2D eigenvalue weighted by Crippen LogP contribution is 2.37. The number of hydrazone groups is 1. The zero-order valence-corrected chi connectivity index (χ0v) is 19.3. The topological polar surface area (TPSA) is 75.1 Å². The highest BCUT2D eigenvalue weighted by molar-refractivity contribution is 6.10. The third kappa shape index (κ3) is 4.40. The summed E-state index contributed by atoms with van der Waals surface area (Å²) in [5.74, 6) is -6.29. The summed E-state index contributed by atoms with van der Waals surface area (Å²) in [6, 6.07) is 2.32. The van der Waals surface area contributed by atoms with Crippen LogP contribution >= 0.6 is 0 Å². The van der Waals surface area contributed by atoms with Crippen molar-refractivity contribution < 1.29 is 13.2 Å². The van der Waals surface area contributed by atoms with Crippen molar-refractivity contribution in [3.63, 3.8) is 0 Å². The van der Waals surface area contributed by atoms with Gasteiger partial charge in [0.1, 0.15) is 5.82 Å². The van der Waals surface area contributed by atoms with Crippen LogP contribution in [0.15, 0.2) is 60.3 Å². The SMILES string of the molecule is C=C1C=CC(c2cnn(C3CC3)c2)=NN1C(=N)C(F)(F)c1cc2cn(C)nc2cc1F.CCC. The van der Waals surface area contributed by atoms with Crippen LogP contribution < -0.4 is 0 Å². The molecule has 2 aliphatic rings. The Morgan fingerprint density at radius 1 is 1.21 bits per heavy atom. The predicted octanol–water partition coefficient (Wildman–Crippen LogP) is 5.52. The highest BCUT2D eigenvalue weighted by Gasteiger charge is 2.44. The van der Waals surface area contributed by atoms with E-state index in [9.17, 15) is 4.39 Å². The minimum absolute atomic E-state index is 0.0749. The number of benzene rings is 1. The monoisotopic (exact) mass is 469 g/mol. The van der Waals surface area contributed by atoms with Gasteiger partial charge >= 0.3 is 5.92 Å². The molecule has 1 N–H and O–H groups in total. The molecular weight excluding hydrogens is 443 g/mol. The Hall–Kier alpha value is -3.69. The molecule has 5 rings (SSSR count). The molecule has 1 aromatic carbocycles. The zero-order valence-electron chi connectivity index (χ0n) is 19.3. The van der Waals surface area contributed by atoms with E-state index in [1.165, 1.54) is 23.4 Å². The zero-order chi connectivity index (χ0) is 24.6. The van der Waals surface area contributed by atoms with E-state index in [-0.39, 0.29) is 11.2 Å². The van der Waals surface area contributed by atoms with E-state index in [1.54, 1.807) is 25.5 Å². The van der Waals surface area contributed by atoms with Crippen molar-refractivity contribution in [3.05, 3.63) is 72.1 Å². The third-order valence-electron chi connectivity index (χ3n) is 5.29. The number of fused-ring (bicyclic) bond motifs is 1. The predicted molar refractivity (Wildman–Crippen MR) is 125 cm³/mol. The molecule has 3 aromatic rings. The van der Waals surface area contributed by atoms with Crippen molar-refractivity contribution in [1.29, 1.82) is 5.41 Å². The van der Waals surface area contributed by atoms with E-state index in [0.717, 1.165) is 30.0 Å². The Kier molecular flexibility index (Phi) is 6.16. The van der Waals surface area contributed by atoms with Crippen LogP contribution in [0.4, 0.5) is 13.2 Å². The van der Waals surface area contributed by atoms with Gasteiger partial charge in [-0.3, -0.25) is 14.8 Å². The molecule has 0 radical (unpaired) electrons. The van der Waals surface area contributed by atoms with Crippen LogP contribution in [0, 0.1) is 11.2 Å². The molecule has 1 aliphatic heterocycles. The van der Waals surface area contributed by atoms with Crippen LogP contribution in [0.5, 0.6) is 0 Å². The van der Waals surface area contributed by atoms with Gasteiger partial charge in [-0.2, -0.15) is 24.1 Å². The smallest absolute Gasteiger partial charge is 0.281 e.